The van der Waals surface area contributed by atoms with E-state index in [1.165, 1.54) is 19.3 Å². The van der Waals surface area contributed by atoms with E-state index in [0.29, 0.717) is 23.8 Å². The molecular weight excluding hydrogens is 306 g/mol. The van der Waals surface area contributed by atoms with Gasteiger partial charge in [-0.05, 0) is 37.0 Å². The van der Waals surface area contributed by atoms with E-state index in [1.807, 2.05) is 12.1 Å². The van der Waals surface area contributed by atoms with Gasteiger partial charge in [0.1, 0.15) is 0 Å². The Balaban J connectivity index is 2.05. The first-order valence-corrected chi connectivity index (χ1v) is 8.52. The summed E-state index contributed by atoms with van der Waals surface area (Å²) in [6.07, 6.45) is 3.97. The Morgan fingerprint density at radius 3 is 2.25 bits per heavy atom. The summed E-state index contributed by atoms with van der Waals surface area (Å²) >= 11 is 0. The third-order valence-corrected chi connectivity index (χ3v) is 4.03. The van der Waals surface area contributed by atoms with E-state index in [2.05, 4.69) is 22.5 Å². The highest BCUT2D eigenvalue weighted by molar-refractivity contribution is 5.79. The first kappa shape index (κ1) is 18.2. The maximum Gasteiger partial charge on any atom is 0.203 e. The van der Waals surface area contributed by atoms with Gasteiger partial charge in [-0.1, -0.05) is 12.8 Å². The predicted molar refractivity (Wildman–Crippen MR) is 96.3 cm³/mol. The number of rotatable bonds is 9. The first-order valence-electron chi connectivity index (χ1n) is 8.52. The van der Waals surface area contributed by atoms with E-state index in [-0.39, 0.29) is 0 Å². The summed E-state index contributed by atoms with van der Waals surface area (Å²) in [6, 6.07) is 3.86. The third kappa shape index (κ3) is 5.22. The summed E-state index contributed by atoms with van der Waals surface area (Å²) in [4.78, 5) is 4.65. The van der Waals surface area contributed by atoms with Crippen LogP contribution in [-0.2, 0) is 6.54 Å². The number of benzene rings is 1. The molecule has 1 aliphatic carbocycles. The van der Waals surface area contributed by atoms with Crippen molar-refractivity contribution in [2.45, 2.75) is 32.7 Å². The number of methoxy groups -OCH3 is 3. The van der Waals surface area contributed by atoms with Crippen molar-refractivity contribution in [3.8, 4) is 17.2 Å². The Bertz CT molecular complexity index is 531. The molecule has 2 rings (SSSR count). The molecule has 2 N–H and O–H groups in total. The summed E-state index contributed by atoms with van der Waals surface area (Å²) in [5, 5.41) is 6.67. The number of aliphatic imine (C=N–C) groups is 1. The summed E-state index contributed by atoms with van der Waals surface area (Å²) in [5.74, 6) is 3.65. The lowest BCUT2D eigenvalue weighted by atomic mass is 10.2. The van der Waals surface area contributed by atoms with Crippen LogP contribution in [0.25, 0.3) is 0 Å². The topological polar surface area (TPSA) is 64.1 Å². The molecule has 0 amide bonds. The lowest BCUT2D eigenvalue weighted by Crippen LogP contribution is -2.37. The van der Waals surface area contributed by atoms with E-state index in [1.54, 1.807) is 21.3 Å². The molecule has 0 bridgehead atoms. The van der Waals surface area contributed by atoms with E-state index < -0.39 is 0 Å². The Hall–Kier alpha value is -2.11. The summed E-state index contributed by atoms with van der Waals surface area (Å²) in [5.41, 5.74) is 1.00. The minimum Gasteiger partial charge on any atom is -0.493 e. The standard InChI is InChI=1S/C18H29N3O3/c1-5-19-18(20-9-8-13-6-7-13)21-12-14-10-15(22-2)17(24-4)16(11-14)23-3/h10-11,13H,5-9,12H2,1-4H3,(H2,19,20,21). The van der Waals surface area contributed by atoms with Gasteiger partial charge in [-0.2, -0.15) is 0 Å². The van der Waals surface area contributed by atoms with Gasteiger partial charge in [-0.3, -0.25) is 0 Å². The van der Waals surface area contributed by atoms with E-state index in [0.717, 1.165) is 30.5 Å². The van der Waals surface area contributed by atoms with Gasteiger partial charge in [-0.15, -0.1) is 0 Å². The molecule has 6 heteroatoms. The zero-order chi connectivity index (χ0) is 17.4. The molecule has 1 aromatic carbocycles. The van der Waals surface area contributed by atoms with Crippen molar-refractivity contribution in [1.29, 1.82) is 0 Å². The molecule has 134 valence electrons. The number of hydrogen-bond acceptors (Lipinski definition) is 4. The number of guanidine groups is 1. The van der Waals surface area contributed by atoms with Crippen LogP contribution in [-0.4, -0.2) is 40.4 Å². The molecule has 0 aliphatic heterocycles. The number of ether oxygens (including phenoxy) is 3. The van der Waals surface area contributed by atoms with E-state index >= 15 is 0 Å². The molecule has 1 aromatic rings. The van der Waals surface area contributed by atoms with Crippen LogP contribution in [0.15, 0.2) is 17.1 Å². The highest BCUT2D eigenvalue weighted by Gasteiger charge is 2.20. The molecule has 24 heavy (non-hydrogen) atoms. The Morgan fingerprint density at radius 1 is 1.08 bits per heavy atom. The zero-order valence-corrected chi connectivity index (χ0v) is 15.1. The van der Waals surface area contributed by atoms with Crippen LogP contribution in [0.3, 0.4) is 0 Å². The highest BCUT2D eigenvalue weighted by atomic mass is 16.5. The van der Waals surface area contributed by atoms with Crippen molar-refractivity contribution in [1.82, 2.24) is 10.6 Å². The summed E-state index contributed by atoms with van der Waals surface area (Å²) < 4.78 is 16.1. The predicted octanol–water partition coefficient (Wildman–Crippen LogP) is 2.57. The van der Waals surface area contributed by atoms with Gasteiger partial charge in [-0.25, -0.2) is 4.99 Å². The van der Waals surface area contributed by atoms with Gasteiger partial charge in [0.05, 0.1) is 27.9 Å². The SMILES string of the molecule is CCNC(=NCc1cc(OC)c(OC)c(OC)c1)NCCC1CC1. The normalized spacial score (nSPS) is 14.2. The molecule has 0 aromatic heterocycles. The highest BCUT2D eigenvalue weighted by Crippen LogP contribution is 2.38. The first-order chi connectivity index (χ1) is 11.7. The fourth-order valence-electron chi connectivity index (χ4n) is 2.54. The van der Waals surface area contributed by atoms with Crippen LogP contribution in [0.1, 0.15) is 31.7 Å². The molecule has 0 radical (unpaired) electrons. The average molecular weight is 335 g/mol. The second-order valence-corrected chi connectivity index (χ2v) is 5.89. The van der Waals surface area contributed by atoms with Gasteiger partial charge in [0.25, 0.3) is 0 Å². The minimum atomic E-state index is 0.537. The molecule has 6 nitrogen and oxygen atoms in total. The van der Waals surface area contributed by atoms with Crippen LogP contribution < -0.4 is 24.8 Å². The van der Waals surface area contributed by atoms with E-state index in [9.17, 15) is 0 Å². The van der Waals surface area contributed by atoms with Crippen molar-refractivity contribution in [2.75, 3.05) is 34.4 Å². The molecule has 1 saturated carbocycles. The number of nitrogens with one attached hydrogen (secondary N) is 2. The van der Waals surface area contributed by atoms with Crippen LogP contribution in [0.5, 0.6) is 17.2 Å². The van der Waals surface area contributed by atoms with Crippen LogP contribution in [0.2, 0.25) is 0 Å². The largest absolute Gasteiger partial charge is 0.493 e. The maximum absolute atomic E-state index is 5.39. The smallest absolute Gasteiger partial charge is 0.203 e. The minimum absolute atomic E-state index is 0.537. The molecule has 1 fully saturated rings. The lowest BCUT2D eigenvalue weighted by Gasteiger charge is -2.14. The number of nitrogens with zero attached hydrogens (tertiary/aromatic N) is 1. The van der Waals surface area contributed by atoms with Gasteiger partial charge in [0.15, 0.2) is 17.5 Å². The average Bonchev–Trinajstić information content (AvgIpc) is 3.42. The summed E-state index contributed by atoms with van der Waals surface area (Å²) in [7, 11) is 4.84. The fourth-order valence-corrected chi connectivity index (χ4v) is 2.54. The van der Waals surface area contributed by atoms with Crippen molar-refractivity contribution in [3.05, 3.63) is 17.7 Å². The fraction of sp³-hybridized carbons (Fsp3) is 0.611. The second-order valence-electron chi connectivity index (χ2n) is 5.89. The molecule has 0 heterocycles. The molecule has 1 aliphatic rings. The Kier molecular flexibility index (Phi) is 7.03. The van der Waals surface area contributed by atoms with Crippen molar-refractivity contribution in [2.24, 2.45) is 10.9 Å². The van der Waals surface area contributed by atoms with Gasteiger partial charge in [0, 0.05) is 13.1 Å². The van der Waals surface area contributed by atoms with Crippen LogP contribution in [0.4, 0.5) is 0 Å². The maximum atomic E-state index is 5.39. The van der Waals surface area contributed by atoms with Crippen LogP contribution >= 0.6 is 0 Å². The monoisotopic (exact) mass is 335 g/mol. The molecule has 0 unspecified atom stereocenters. The molecule has 0 atom stereocenters. The van der Waals surface area contributed by atoms with Gasteiger partial charge in [0.2, 0.25) is 5.75 Å². The van der Waals surface area contributed by atoms with Crippen molar-refractivity contribution >= 4 is 5.96 Å². The zero-order valence-electron chi connectivity index (χ0n) is 15.1. The van der Waals surface area contributed by atoms with Crippen LogP contribution in [0, 0.1) is 5.92 Å². The Labute approximate surface area is 144 Å². The summed E-state index contributed by atoms with van der Waals surface area (Å²) in [6.45, 7) is 4.41. The van der Waals surface area contributed by atoms with Crippen molar-refractivity contribution < 1.29 is 14.2 Å². The third-order valence-electron chi connectivity index (χ3n) is 4.03. The van der Waals surface area contributed by atoms with E-state index in [4.69, 9.17) is 14.2 Å². The van der Waals surface area contributed by atoms with Gasteiger partial charge >= 0.3 is 0 Å². The molecule has 0 saturated heterocycles. The molecule has 0 spiro atoms. The molecular formula is C18H29N3O3. The van der Waals surface area contributed by atoms with Gasteiger partial charge < -0.3 is 24.8 Å². The lowest BCUT2D eigenvalue weighted by molar-refractivity contribution is 0.324. The second kappa shape index (κ2) is 9.25. The number of hydrogen-bond donors (Lipinski definition) is 2. The quantitative estimate of drug-likeness (QED) is 0.536. The van der Waals surface area contributed by atoms with Crippen molar-refractivity contribution in [3.63, 3.8) is 0 Å². The Morgan fingerprint density at radius 2 is 1.75 bits per heavy atom.